The molecule has 2 aromatic rings. The van der Waals surface area contributed by atoms with Gasteiger partial charge in [0.2, 0.25) is 10.0 Å². The van der Waals surface area contributed by atoms with E-state index in [0.29, 0.717) is 13.1 Å². The van der Waals surface area contributed by atoms with Crippen molar-refractivity contribution in [2.75, 3.05) is 13.1 Å². The van der Waals surface area contributed by atoms with E-state index >= 15 is 0 Å². The minimum atomic E-state index is -3.55. The first-order chi connectivity index (χ1) is 12.9. The number of halogens is 1. The Bertz CT molecular complexity index is 991. The van der Waals surface area contributed by atoms with Gasteiger partial charge in [-0.2, -0.15) is 9.57 Å². The van der Waals surface area contributed by atoms with Crippen LogP contribution in [0.25, 0.3) is 0 Å². The van der Waals surface area contributed by atoms with Gasteiger partial charge in [-0.1, -0.05) is 0 Å². The van der Waals surface area contributed by atoms with Gasteiger partial charge < -0.3 is 4.74 Å². The maximum atomic E-state index is 13.7. The zero-order valence-electron chi connectivity index (χ0n) is 14.4. The Morgan fingerprint density at radius 3 is 2.44 bits per heavy atom. The minimum absolute atomic E-state index is 0.0932. The van der Waals surface area contributed by atoms with Gasteiger partial charge in [0.25, 0.3) is 0 Å². The van der Waals surface area contributed by atoms with Crippen molar-refractivity contribution in [3.63, 3.8) is 0 Å². The van der Waals surface area contributed by atoms with Crippen LogP contribution < -0.4 is 0 Å². The number of esters is 1. The quantitative estimate of drug-likeness (QED) is 0.735. The monoisotopic (exact) mass is 388 g/mol. The van der Waals surface area contributed by atoms with Crippen LogP contribution in [-0.2, 0) is 21.4 Å². The van der Waals surface area contributed by atoms with E-state index in [4.69, 9.17) is 10.00 Å². The Hall–Kier alpha value is -2.76. The molecule has 1 aliphatic heterocycles. The second-order valence-corrected chi connectivity index (χ2v) is 8.07. The van der Waals surface area contributed by atoms with E-state index < -0.39 is 21.8 Å². The SMILES string of the molecule is N#Cc1ccc(F)c(COC(=O)c2ccc(S(=O)(=O)N3CCCC3)cc2)c1. The molecule has 8 heteroatoms. The first-order valence-electron chi connectivity index (χ1n) is 8.37. The first-order valence-corrected chi connectivity index (χ1v) is 9.82. The molecule has 2 aromatic carbocycles. The van der Waals surface area contributed by atoms with Crippen LogP contribution in [0.4, 0.5) is 4.39 Å². The highest BCUT2D eigenvalue weighted by atomic mass is 32.2. The number of carbonyl (C=O) groups excluding carboxylic acids is 1. The van der Waals surface area contributed by atoms with Crippen molar-refractivity contribution in [1.82, 2.24) is 4.31 Å². The third-order valence-corrected chi connectivity index (χ3v) is 6.24. The summed E-state index contributed by atoms with van der Waals surface area (Å²) in [6, 6.07) is 11.1. The first kappa shape index (κ1) is 19.0. The van der Waals surface area contributed by atoms with Gasteiger partial charge in [0.1, 0.15) is 12.4 Å². The van der Waals surface area contributed by atoms with Crippen LogP contribution in [0.2, 0.25) is 0 Å². The van der Waals surface area contributed by atoms with Crippen LogP contribution in [0.15, 0.2) is 47.4 Å². The van der Waals surface area contributed by atoms with Crippen LogP contribution in [-0.4, -0.2) is 31.8 Å². The van der Waals surface area contributed by atoms with Crippen molar-refractivity contribution < 1.29 is 22.3 Å². The van der Waals surface area contributed by atoms with Gasteiger partial charge >= 0.3 is 5.97 Å². The summed E-state index contributed by atoms with van der Waals surface area (Å²) in [5, 5.41) is 8.85. The van der Waals surface area contributed by atoms with Crippen molar-refractivity contribution >= 4 is 16.0 Å². The second kappa shape index (κ2) is 7.86. The molecule has 0 amide bonds. The molecule has 0 saturated carbocycles. The molecule has 0 aromatic heterocycles. The molecule has 0 N–H and O–H groups in total. The molecule has 0 radical (unpaired) electrons. The summed E-state index contributed by atoms with van der Waals surface area (Å²) >= 11 is 0. The molecule has 0 unspecified atom stereocenters. The third kappa shape index (κ3) is 4.15. The molecule has 1 heterocycles. The zero-order chi connectivity index (χ0) is 19.4. The summed E-state index contributed by atoms with van der Waals surface area (Å²) in [6.07, 6.45) is 1.68. The van der Waals surface area contributed by atoms with Gasteiger partial charge in [0.15, 0.2) is 0 Å². The lowest BCUT2D eigenvalue weighted by atomic mass is 10.1. The number of ether oxygens (including phenoxy) is 1. The highest BCUT2D eigenvalue weighted by Gasteiger charge is 2.27. The van der Waals surface area contributed by atoms with E-state index in [1.165, 1.54) is 40.7 Å². The normalized spacial score (nSPS) is 14.7. The lowest BCUT2D eigenvalue weighted by Gasteiger charge is -2.15. The summed E-state index contributed by atoms with van der Waals surface area (Å²) in [5.41, 5.74) is 0.516. The topological polar surface area (TPSA) is 87.5 Å². The Balaban J connectivity index is 1.68. The van der Waals surface area contributed by atoms with E-state index in [1.54, 1.807) is 0 Å². The van der Waals surface area contributed by atoms with Crippen molar-refractivity contribution in [2.24, 2.45) is 0 Å². The average molecular weight is 388 g/mol. The smallest absolute Gasteiger partial charge is 0.338 e. The van der Waals surface area contributed by atoms with Gasteiger partial charge in [-0.25, -0.2) is 17.6 Å². The number of sulfonamides is 1. The van der Waals surface area contributed by atoms with E-state index in [1.807, 2.05) is 6.07 Å². The van der Waals surface area contributed by atoms with E-state index in [0.717, 1.165) is 18.9 Å². The Kier molecular flexibility index (Phi) is 5.54. The summed E-state index contributed by atoms with van der Waals surface area (Å²) in [5.74, 6) is -1.28. The highest BCUT2D eigenvalue weighted by molar-refractivity contribution is 7.89. The van der Waals surface area contributed by atoms with Gasteiger partial charge in [0.05, 0.1) is 22.1 Å². The highest BCUT2D eigenvalue weighted by Crippen LogP contribution is 2.21. The molecule has 3 rings (SSSR count). The number of rotatable bonds is 5. The third-order valence-electron chi connectivity index (χ3n) is 4.33. The molecule has 0 atom stereocenters. The molecule has 1 fully saturated rings. The molecular formula is C19H17FN2O4S. The summed E-state index contributed by atoms with van der Waals surface area (Å²) in [7, 11) is -3.55. The summed E-state index contributed by atoms with van der Waals surface area (Å²) in [6.45, 7) is 0.674. The zero-order valence-corrected chi connectivity index (χ0v) is 15.2. The molecule has 1 saturated heterocycles. The lowest BCUT2D eigenvalue weighted by molar-refractivity contribution is 0.0469. The Labute approximate surface area is 156 Å². The van der Waals surface area contributed by atoms with Crippen LogP contribution in [0, 0.1) is 17.1 Å². The van der Waals surface area contributed by atoms with Gasteiger partial charge in [-0.15, -0.1) is 0 Å². The molecule has 27 heavy (non-hydrogen) atoms. The molecule has 140 valence electrons. The molecule has 0 bridgehead atoms. The Morgan fingerprint density at radius 1 is 1.15 bits per heavy atom. The number of benzene rings is 2. The number of nitrogens with zero attached hydrogens (tertiary/aromatic N) is 2. The minimum Gasteiger partial charge on any atom is -0.457 e. The maximum absolute atomic E-state index is 13.7. The van der Waals surface area contributed by atoms with Crippen LogP contribution in [0.1, 0.15) is 34.3 Å². The molecule has 0 aliphatic carbocycles. The van der Waals surface area contributed by atoms with E-state index in [-0.39, 0.29) is 28.2 Å². The fourth-order valence-corrected chi connectivity index (χ4v) is 4.34. The van der Waals surface area contributed by atoms with Crippen molar-refractivity contribution in [3.05, 3.63) is 65.0 Å². The lowest BCUT2D eigenvalue weighted by Crippen LogP contribution is -2.27. The summed E-state index contributed by atoms with van der Waals surface area (Å²) < 4.78 is 45.1. The summed E-state index contributed by atoms with van der Waals surface area (Å²) in [4.78, 5) is 12.3. The fourth-order valence-electron chi connectivity index (χ4n) is 2.82. The predicted octanol–water partition coefficient (Wildman–Crippen LogP) is 2.84. The predicted molar refractivity (Wildman–Crippen MR) is 94.7 cm³/mol. The largest absolute Gasteiger partial charge is 0.457 e. The number of nitriles is 1. The fraction of sp³-hybridized carbons (Fsp3) is 0.263. The standard InChI is InChI=1S/C19H17FN2O4S/c20-18-8-3-14(12-21)11-16(18)13-26-19(23)15-4-6-17(7-5-15)27(24,25)22-9-1-2-10-22/h3-8,11H,1-2,9-10,13H2. The van der Waals surface area contributed by atoms with Gasteiger partial charge in [0, 0.05) is 18.7 Å². The molecule has 6 nitrogen and oxygen atoms in total. The molecular weight excluding hydrogens is 371 g/mol. The van der Waals surface area contributed by atoms with Crippen molar-refractivity contribution in [2.45, 2.75) is 24.3 Å². The maximum Gasteiger partial charge on any atom is 0.338 e. The van der Waals surface area contributed by atoms with Gasteiger partial charge in [-0.05, 0) is 55.3 Å². The van der Waals surface area contributed by atoms with Crippen LogP contribution in [0.3, 0.4) is 0 Å². The molecule has 0 spiro atoms. The number of hydrogen-bond donors (Lipinski definition) is 0. The van der Waals surface area contributed by atoms with Crippen LogP contribution in [0.5, 0.6) is 0 Å². The number of carbonyl (C=O) groups is 1. The Morgan fingerprint density at radius 2 is 1.81 bits per heavy atom. The van der Waals surface area contributed by atoms with E-state index in [9.17, 15) is 17.6 Å². The van der Waals surface area contributed by atoms with Crippen molar-refractivity contribution in [1.29, 1.82) is 5.26 Å². The number of hydrogen-bond acceptors (Lipinski definition) is 5. The van der Waals surface area contributed by atoms with Crippen molar-refractivity contribution in [3.8, 4) is 6.07 Å². The van der Waals surface area contributed by atoms with E-state index in [2.05, 4.69) is 0 Å². The average Bonchev–Trinajstić information content (AvgIpc) is 3.23. The van der Waals surface area contributed by atoms with Gasteiger partial charge in [-0.3, -0.25) is 0 Å². The molecule has 1 aliphatic rings. The van der Waals surface area contributed by atoms with Crippen LogP contribution >= 0.6 is 0 Å². The second-order valence-electron chi connectivity index (χ2n) is 6.13.